The molecule has 0 aliphatic rings. The molecule has 0 saturated heterocycles. The van der Waals surface area contributed by atoms with Gasteiger partial charge in [0, 0.05) is 6.42 Å². The van der Waals surface area contributed by atoms with Gasteiger partial charge in [0.2, 0.25) is 5.91 Å². The molecule has 1 aromatic carbocycles. The Morgan fingerprint density at radius 1 is 1.24 bits per heavy atom. The minimum absolute atomic E-state index is 0.0131. The van der Waals surface area contributed by atoms with Gasteiger partial charge in [0.15, 0.2) is 0 Å². The van der Waals surface area contributed by atoms with Gasteiger partial charge in [-0.05, 0) is 49.4 Å². The number of methoxy groups -OCH3 is 1. The third-order valence-corrected chi connectivity index (χ3v) is 3.61. The average Bonchev–Trinajstić information content (AvgIpc) is 2.45. The number of amides is 1. The molecule has 1 aromatic rings. The molecule has 0 aliphatic carbocycles. The molecule has 0 heterocycles. The molecule has 0 radical (unpaired) electrons. The molecule has 2 unspecified atom stereocenters. The summed E-state index contributed by atoms with van der Waals surface area (Å²) in [6.45, 7) is 6.85. The summed E-state index contributed by atoms with van der Waals surface area (Å²) in [6, 6.07) is 7.73. The molecule has 21 heavy (non-hydrogen) atoms. The lowest BCUT2D eigenvalue weighted by Gasteiger charge is -2.19. The number of carbonyl (C=O) groups is 1. The SMILES string of the molecule is COc1ccc(C(C)NC(=O)CC(CN)CC(C)C)cc1. The first kappa shape index (κ1) is 17.5. The maximum Gasteiger partial charge on any atom is 0.220 e. The zero-order valence-corrected chi connectivity index (χ0v) is 13.6. The summed E-state index contributed by atoms with van der Waals surface area (Å²) in [7, 11) is 1.64. The molecule has 4 heteroatoms. The fourth-order valence-electron chi connectivity index (χ4n) is 2.47. The minimum atomic E-state index is -0.0131. The van der Waals surface area contributed by atoms with Gasteiger partial charge in [-0.3, -0.25) is 4.79 Å². The van der Waals surface area contributed by atoms with Gasteiger partial charge in [0.1, 0.15) is 5.75 Å². The smallest absolute Gasteiger partial charge is 0.220 e. The molecule has 0 aliphatic heterocycles. The Labute approximate surface area is 128 Å². The topological polar surface area (TPSA) is 64.3 Å². The number of rotatable bonds is 8. The second kappa shape index (κ2) is 8.67. The third-order valence-electron chi connectivity index (χ3n) is 3.61. The molecule has 3 N–H and O–H groups in total. The largest absolute Gasteiger partial charge is 0.497 e. The highest BCUT2D eigenvalue weighted by Crippen LogP contribution is 2.18. The third kappa shape index (κ3) is 6.17. The number of hydrogen-bond acceptors (Lipinski definition) is 3. The van der Waals surface area contributed by atoms with Gasteiger partial charge in [0.25, 0.3) is 0 Å². The maximum absolute atomic E-state index is 12.1. The molecule has 0 spiro atoms. The molecule has 0 bridgehead atoms. The van der Waals surface area contributed by atoms with Crippen molar-refractivity contribution in [2.24, 2.45) is 17.6 Å². The quantitative estimate of drug-likeness (QED) is 0.774. The van der Waals surface area contributed by atoms with Gasteiger partial charge in [-0.15, -0.1) is 0 Å². The first-order chi connectivity index (χ1) is 9.96. The van der Waals surface area contributed by atoms with E-state index in [2.05, 4.69) is 19.2 Å². The summed E-state index contributed by atoms with van der Waals surface area (Å²) in [4.78, 5) is 12.1. The van der Waals surface area contributed by atoms with Crippen molar-refractivity contribution in [3.63, 3.8) is 0 Å². The number of benzene rings is 1. The average molecular weight is 292 g/mol. The van der Waals surface area contributed by atoms with Gasteiger partial charge in [0.05, 0.1) is 13.2 Å². The molecule has 1 rings (SSSR count). The highest BCUT2D eigenvalue weighted by Gasteiger charge is 2.16. The summed E-state index contributed by atoms with van der Waals surface area (Å²) in [5.74, 6) is 1.70. The van der Waals surface area contributed by atoms with Crippen LogP contribution in [0.1, 0.15) is 45.2 Å². The van der Waals surface area contributed by atoms with Gasteiger partial charge in [-0.25, -0.2) is 0 Å². The van der Waals surface area contributed by atoms with Crippen LogP contribution in [0.25, 0.3) is 0 Å². The van der Waals surface area contributed by atoms with Crippen molar-refractivity contribution < 1.29 is 9.53 Å². The zero-order chi connectivity index (χ0) is 15.8. The van der Waals surface area contributed by atoms with Crippen molar-refractivity contribution in [3.8, 4) is 5.75 Å². The monoisotopic (exact) mass is 292 g/mol. The first-order valence-corrected chi connectivity index (χ1v) is 7.59. The predicted molar refractivity (Wildman–Crippen MR) is 86.2 cm³/mol. The summed E-state index contributed by atoms with van der Waals surface area (Å²) in [6.07, 6.45) is 1.48. The van der Waals surface area contributed by atoms with Crippen LogP contribution in [0, 0.1) is 11.8 Å². The predicted octanol–water partition coefficient (Wildman–Crippen LogP) is 2.88. The zero-order valence-electron chi connectivity index (χ0n) is 13.6. The number of nitrogens with one attached hydrogen (secondary N) is 1. The Morgan fingerprint density at radius 3 is 2.33 bits per heavy atom. The van der Waals surface area contributed by atoms with Crippen molar-refractivity contribution in [2.75, 3.05) is 13.7 Å². The highest BCUT2D eigenvalue weighted by atomic mass is 16.5. The van der Waals surface area contributed by atoms with Gasteiger partial charge >= 0.3 is 0 Å². The second-order valence-corrected chi connectivity index (χ2v) is 6.00. The Morgan fingerprint density at radius 2 is 1.86 bits per heavy atom. The van der Waals surface area contributed by atoms with Crippen LogP contribution in [0.5, 0.6) is 5.75 Å². The van der Waals surface area contributed by atoms with Crippen LogP contribution in [0.2, 0.25) is 0 Å². The van der Waals surface area contributed by atoms with Crippen molar-refractivity contribution in [3.05, 3.63) is 29.8 Å². The first-order valence-electron chi connectivity index (χ1n) is 7.59. The van der Waals surface area contributed by atoms with Crippen molar-refractivity contribution in [1.82, 2.24) is 5.32 Å². The molecule has 1 amide bonds. The molecular formula is C17H28N2O2. The van der Waals surface area contributed by atoms with E-state index in [0.717, 1.165) is 17.7 Å². The Hall–Kier alpha value is -1.55. The van der Waals surface area contributed by atoms with Crippen LogP contribution in [-0.4, -0.2) is 19.6 Å². The van der Waals surface area contributed by atoms with Crippen LogP contribution >= 0.6 is 0 Å². The molecule has 4 nitrogen and oxygen atoms in total. The van der Waals surface area contributed by atoms with E-state index < -0.39 is 0 Å². The van der Waals surface area contributed by atoms with Crippen molar-refractivity contribution in [1.29, 1.82) is 0 Å². The van der Waals surface area contributed by atoms with Crippen LogP contribution < -0.4 is 15.8 Å². The van der Waals surface area contributed by atoms with E-state index in [-0.39, 0.29) is 17.9 Å². The molecule has 0 aromatic heterocycles. The van der Waals surface area contributed by atoms with E-state index in [9.17, 15) is 4.79 Å². The van der Waals surface area contributed by atoms with Gasteiger partial charge < -0.3 is 15.8 Å². The lowest BCUT2D eigenvalue weighted by Crippen LogP contribution is -2.30. The maximum atomic E-state index is 12.1. The van der Waals surface area contributed by atoms with Crippen LogP contribution in [0.3, 0.4) is 0 Å². The number of hydrogen-bond donors (Lipinski definition) is 2. The number of nitrogens with two attached hydrogens (primary N) is 1. The van der Waals surface area contributed by atoms with Crippen LogP contribution in [0.15, 0.2) is 24.3 Å². The lowest BCUT2D eigenvalue weighted by molar-refractivity contribution is -0.122. The molecule has 2 atom stereocenters. The number of carbonyl (C=O) groups excluding carboxylic acids is 1. The summed E-state index contributed by atoms with van der Waals surface area (Å²) >= 11 is 0. The fraction of sp³-hybridized carbons (Fsp3) is 0.588. The Kier molecular flexibility index (Phi) is 7.23. The van der Waals surface area contributed by atoms with Crippen LogP contribution in [0.4, 0.5) is 0 Å². The van der Waals surface area contributed by atoms with E-state index in [0.29, 0.717) is 18.9 Å². The lowest BCUT2D eigenvalue weighted by atomic mass is 9.94. The fourth-order valence-corrected chi connectivity index (χ4v) is 2.47. The van der Waals surface area contributed by atoms with Crippen molar-refractivity contribution in [2.45, 2.75) is 39.7 Å². The van der Waals surface area contributed by atoms with E-state index in [1.54, 1.807) is 7.11 Å². The summed E-state index contributed by atoms with van der Waals surface area (Å²) in [5, 5.41) is 3.04. The summed E-state index contributed by atoms with van der Waals surface area (Å²) in [5.41, 5.74) is 6.82. The highest BCUT2D eigenvalue weighted by molar-refractivity contribution is 5.76. The standard InChI is InChI=1S/C17H28N2O2/c1-12(2)9-14(11-18)10-17(20)19-13(3)15-5-7-16(21-4)8-6-15/h5-8,12-14H,9-11,18H2,1-4H3,(H,19,20). The number of ether oxygens (including phenoxy) is 1. The molecule has 0 fully saturated rings. The van der Waals surface area contributed by atoms with Gasteiger partial charge in [-0.2, -0.15) is 0 Å². The van der Waals surface area contributed by atoms with Crippen molar-refractivity contribution >= 4 is 5.91 Å². The molecule has 118 valence electrons. The Balaban J connectivity index is 2.52. The van der Waals surface area contributed by atoms with Crippen LogP contribution in [-0.2, 0) is 4.79 Å². The van der Waals surface area contributed by atoms with E-state index in [1.165, 1.54) is 0 Å². The summed E-state index contributed by atoms with van der Waals surface area (Å²) < 4.78 is 5.13. The normalized spacial score (nSPS) is 13.8. The molecule has 0 saturated carbocycles. The minimum Gasteiger partial charge on any atom is -0.497 e. The Bertz CT molecular complexity index is 429. The molecular weight excluding hydrogens is 264 g/mol. The van der Waals surface area contributed by atoms with E-state index >= 15 is 0 Å². The van der Waals surface area contributed by atoms with E-state index in [1.807, 2.05) is 31.2 Å². The second-order valence-electron chi connectivity index (χ2n) is 6.00. The van der Waals surface area contributed by atoms with E-state index in [4.69, 9.17) is 10.5 Å². The van der Waals surface area contributed by atoms with Gasteiger partial charge in [-0.1, -0.05) is 26.0 Å².